The maximum atomic E-state index is 13.6. The quantitative estimate of drug-likeness (QED) is 0.0205. The van der Waals surface area contributed by atoms with Crippen molar-refractivity contribution in [2.45, 2.75) is 264 Å². The first-order chi connectivity index (χ1) is 39.4. The molecule has 0 spiro atoms. The molecule has 3 unspecified atom stereocenters. The number of carbonyl (C=O) groups is 2. The number of rotatable bonds is 57. The standard InChI is InChI=1S/C71H121N2O7P/c1-7-10-13-16-19-22-25-27-29-31-33-34-35-36-37-38-40-41-43-45-48-51-54-57-60-63-70(74)72-68(67-79-81(76,77)78-66-65-73(4,5)6)69(62-59-56-53-50-47-24-21-18-15-12-9-3)80-71(75)64-61-58-55-52-49-46-44-42-39-32-30-28-26-23-20-17-14-11-8-2/h10,13,19-20,22-23,27-30,33-34,36-37,39-42,46,49,59,62,68-69H,7-9,11-12,14-18,21,24-26,31-32,35,38,43-45,47-48,50-58,60-61,63-67H2,1-6H3,(H-,72,74,76,77)/p+1/b13-10-,22-19-,23-20-,29-27-,30-28-,34-33-,37-36-,41-40-,42-39-,49-46-,62-59-. The Labute approximate surface area is 498 Å². The molecule has 0 aliphatic carbocycles. The zero-order chi connectivity index (χ0) is 59.3. The second-order valence-corrected chi connectivity index (χ2v) is 24.0. The van der Waals surface area contributed by atoms with Crippen LogP contribution in [0.25, 0.3) is 0 Å². The summed E-state index contributed by atoms with van der Waals surface area (Å²) in [7, 11) is 1.45. The van der Waals surface area contributed by atoms with E-state index in [2.05, 4.69) is 148 Å². The van der Waals surface area contributed by atoms with Crippen molar-refractivity contribution >= 4 is 19.7 Å². The third-order valence-corrected chi connectivity index (χ3v) is 14.6. The molecule has 0 radical (unpaired) electrons. The van der Waals surface area contributed by atoms with Crippen molar-refractivity contribution in [1.29, 1.82) is 0 Å². The fourth-order valence-corrected chi connectivity index (χ4v) is 9.31. The number of hydrogen-bond acceptors (Lipinski definition) is 6. The molecule has 462 valence electrons. The minimum Gasteiger partial charge on any atom is -0.456 e. The van der Waals surface area contributed by atoms with Crippen LogP contribution in [0.4, 0.5) is 0 Å². The molecule has 0 fully saturated rings. The summed E-state index contributed by atoms with van der Waals surface area (Å²) >= 11 is 0. The molecule has 0 heterocycles. The molecule has 0 aromatic carbocycles. The SMILES string of the molecule is CC/C=C\C/C=C\C/C=C\C/C=C\C/C=C\C/C=C\CCCCCCCCC(=O)NC(COP(=O)(O)OCC[N+](C)(C)C)C(/C=C\CCCCCCCCCCC)OC(=O)CCCCC/C=C\C/C=C\C/C=C\C/C=C\CCCCC. The maximum absolute atomic E-state index is 13.6. The molecule has 0 aromatic rings. The molecule has 10 heteroatoms. The number of nitrogens with one attached hydrogen (secondary N) is 1. The van der Waals surface area contributed by atoms with E-state index in [4.69, 9.17) is 13.8 Å². The van der Waals surface area contributed by atoms with Crippen LogP contribution in [0.15, 0.2) is 134 Å². The summed E-state index contributed by atoms with van der Waals surface area (Å²) in [6.07, 6.45) is 84.5. The van der Waals surface area contributed by atoms with Gasteiger partial charge in [-0.1, -0.05) is 245 Å². The van der Waals surface area contributed by atoms with E-state index in [-0.39, 0.29) is 31.5 Å². The number of unbranched alkanes of at least 4 members (excludes halogenated alkanes) is 21. The van der Waals surface area contributed by atoms with Crippen molar-refractivity contribution in [3.63, 3.8) is 0 Å². The molecule has 0 rings (SSSR count). The molecule has 1 amide bonds. The van der Waals surface area contributed by atoms with Crippen LogP contribution in [-0.4, -0.2) is 74.3 Å². The van der Waals surface area contributed by atoms with Crippen LogP contribution in [0.5, 0.6) is 0 Å². The summed E-state index contributed by atoms with van der Waals surface area (Å²) < 4.78 is 30.7. The molecule has 0 saturated carbocycles. The van der Waals surface area contributed by atoms with Crippen LogP contribution in [0.3, 0.4) is 0 Å². The number of ether oxygens (including phenoxy) is 1. The Morgan fingerprint density at radius 2 is 0.790 bits per heavy atom. The van der Waals surface area contributed by atoms with Crippen LogP contribution < -0.4 is 5.32 Å². The van der Waals surface area contributed by atoms with Gasteiger partial charge in [0, 0.05) is 12.8 Å². The first-order valence-electron chi connectivity index (χ1n) is 32.5. The molecule has 2 N–H and O–H groups in total. The average Bonchev–Trinajstić information content (AvgIpc) is 3.44. The van der Waals surface area contributed by atoms with Crippen molar-refractivity contribution in [1.82, 2.24) is 5.32 Å². The highest BCUT2D eigenvalue weighted by Crippen LogP contribution is 2.43. The summed E-state index contributed by atoms with van der Waals surface area (Å²) in [5.41, 5.74) is 0. The van der Waals surface area contributed by atoms with E-state index in [0.29, 0.717) is 23.9 Å². The molecule has 9 nitrogen and oxygen atoms in total. The largest absolute Gasteiger partial charge is 0.472 e. The number of allylic oxidation sites excluding steroid dienone is 21. The van der Waals surface area contributed by atoms with Crippen molar-refractivity contribution < 1.29 is 37.3 Å². The van der Waals surface area contributed by atoms with Gasteiger partial charge in [0.25, 0.3) is 0 Å². The minimum absolute atomic E-state index is 0.0241. The highest BCUT2D eigenvalue weighted by molar-refractivity contribution is 7.47. The molecule has 81 heavy (non-hydrogen) atoms. The molecule has 0 aliphatic heterocycles. The van der Waals surface area contributed by atoms with Crippen LogP contribution in [0, 0.1) is 0 Å². The lowest BCUT2D eigenvalue weighted by Crippen LogP contribution is -2.47. The predicted octanol–water partition coefficient (Wildman–Crippen LogP) is 20.4. The molecule has 3 atom stereocenters. The smallest absolute Gasteiger partial charge is 0.456 e. The van der Waals surface area contributed by atoms with Gasteiger partial charge in [-0.2, -0.15) is 0 Å². The number of likely N-dealkylation sites (N-methyl/N-ethyl adjacent to an activating group) is 1. The maximum Gasteiger partial charge on any atom is 0.472 e. The van der Waals surface area contributed by atoms with Gasteiger partial charge in [-0.05, 0) is 128 Å². The third-order valence-electron chi connectivity index (χ3n) is 13.6. The predicted molar refractivity (Wildman–Crippen MR) is 350 cm³/mol. The fraction of sp³-hybridized carbons (Fsp3) is 0.662. The second kappa shape index (κ2) is 59.3. The Kier molecular flexibility index (Phi) is 56.5. The van der Waals surface area contributed by atoms with Gasteiger partial charge < -0.3 is 19.4 Å². The van der Waals surface area contributed by atoms with E-state index in [1.807, 2.05) is 33.3 Å². The fourth-order valence-electron chi connectivity index (χ4n) is 8.57. The summed E-state index contributed by atoms with van der Waals surface area (Å²) in [4.78, 5) is 37.8. The lowest BCUT2D eigenvalue weighted by atomic mass is 10.1. The normalized spacial score (nSPS) is 14.5. The number of esters is 1. The van der Waals surface area contributed by atoms with Gasteiger partial charge >= 0.3 is 13.8 Å². The summed E-state index contributed by atoms with van der Waals surface area (Å²) in [6, 6.07) is -0.880. The molecular weight excluding hydrogens is 1020 g/mol. The van der Waals surface area contributed by atoms with Gasteiger partial charge in [0.05, 0.1) is 33.8 Å². The number of phosphoric ester groups is 1. The van der Waals surface area contributed by atoms with E-state index in [1.54, 1.807) is 0 Å². The van der Waals surface area contributed by atoms with Gasteiger partial charge in [0.1, 0.15) is 19.3 Å². The number of nitrogens with zero attached hydrogens (tertiary/aromatic N) is 1. The molecule has 0 aromatic heterocycles. The third kappa shape index (κ3) is 60.6. The number of amides is 1. The van der Waals surface area contributed by atoms with Crippen LogP contribution >= 0.6 is 7.82 Å². The zero-order valence-electron chi connectivity index (χ0n) is 52.7. The number of phosphoric acid groups is 1. The molecule has 0 saturated heterocycles. The van der Waals surface area contributed by atoms with E-state index in [1.165, 1.54) is 70.6 Å². The van der Waals surface area contributed by atoms with Crippen molar-refractivity contribution in [2.24, 2.45) is 0 Å². The average molecular weight is 1150 g/mol. The Balaban J connectivity index is 5.25. The summed E-state index contributed by atoms with van der Waals surface area (Å²) in [5, 5.41) is 3.04. The van der Waals surface area contributed by atoms with Gasteiger partial charge in [-0.3, -0.25) is 18.6 Å². The lowest BCUT2D eigenvalue weighted by Gasteiger charge is -2.27. The summed E-state index contributed by atoms with van der Waals surface area (Å²) in [5.74, 6) is -0.568. The molecule has 0 bridgehead atoms. The van der Waals surface area contributed by atoms with Crippen molar-refractivity contribution in [2.75, 3.05) is 40.9 Å². The first kappa shape index (κ1) is 77.2. The Morgan fingerprint density at radius 3 is 1.22 bits per heavy atom. The topological polar surface area (TPSA) is 111 Å². The lowest BCUT2D eigenvalue weighted by molar-refractivity contribution is -0.870. The van der Waals surface area contributed by atoms with E-state index >= 15 is 0 Å². The van der Waals surface area contributed by atoms with Gasteiger partial charge in [-0.15, -0.1) is 0 Å². The van der Waals surface area contributed by atoms with Crippen LogP contribution in [0.2, 0.25) is 0 Å². The Morgan fingerprint density at radius 1 is 0.444 bits per heavy atom. The number of hydrogen-bond donors (Lipinski definition) is 2. The zero-order valence-corrected chi connectivity index (χ0v) is 53.6. The Bertz CT molecular complexity index is 1850. The highest BCUT2D eigenvalue weighted by Gasteiger charge is 2.30. The first-order valence-corrected chi connectivity index (χ1v) is 34.0. The van der Waals surface area contributed by atoms with E-state index in [9.17, 15) is 19.0 Å². The molecule has 0 aliphatic rings. The second-order valence-electron chi connectivity index (χ2n) is 22.5. The van der Waals surface area contributed by atoms with E-state index in [0.717, 1.165) is 141 Å². The minimum atomic E-state index is -4.47. The Hall–Kier alpha value is -3.85. The highest BCUT2D eigenvalue weighted by atomic mass is 31.2. The van der Waals surface area contributed by atoms with Gasteiger partial charge in [0.2, 0.25) is 5.91 Å². The number of quaternary nitrogens is 1. The van der Waals surface area contributed by atoms with Gasteiger partial charge in [-0.25, -0.2) is 4.57 Å². The van der Waals surface area contributed by atoms with Gasteiger partial charge in [0.15, 0.2) is 0 Å². The summed E-state index contributed by atoms with van der Waals surface area (Å²) in [6.45, 7) is 6.81. The van der Waals surface area contributed by atoms with Crippen LogP contribution in [0.1, 0.15) is 252 Å². The monoisotopic (exact) mass is 1150 g/mol. The number of carbonyl (C=O) groups excluding carboxylic acids is 2. The van der Waals surface area contributed by atoms with E-state index < -0.39 is 20.0 Å². The van der Waals surface area contributed by atoms with Crippen molar-refractivity contribution in [3.05, 3.63) is 134 Å². The molecular formula is C71H122N2O7P+. The van der Waals surface area contributed by atoms with Crippen LogP contribution in [-0.2, 0) is 27.9 Å². The van der Waals surface area contributed by atoms with Crippen molar-refractivity contribution in [3.8, 4) is 0 Å².